The number of aromatic nitrogens is 1. The molecule has 4 rings (SSSR count). The van der Waals surface area contributed by atoms with E-state index in [4.69, 9.17) is 0 Å². The zero-order chi connectivity index (χ0) is 20.4. The molecule has 6 heteroatoms. The monoisotopic (exact) mass is 496 g/mol. The summed E-state index contributed by atoms with van der Waals surface area (Å²) in [5, 5.41) is 13.8. The van der Waals surface area contributed by atoms with Crippen LogP contribution in [0.2, 0.25) is 0 Å². The van der Waals surface area contributed by atoms with Crippen molar-refractivity contribution < 1.29 is 14.7 Å². The van der Waals surface area contributed by atoms with Crippen LogP contribution >= 0.6 is 22.6 Å². The first-order valence-electron chi connectivity index (χ1n) is 9.09. The lowest BCUT2D eigenvalue weighted by Gasteiger charge is -2.17. The van der Waals surface area contributed by atoms with Gasteiger partial charge in [0.1, 0.15) is 6.04 Å². The molecule has 1 heterocycles. The van der Waals surface area contributed by atoms with Crippen molar-refractivity contribution >= 4 is 56.3 Å². The highest BCUT2D eigenvalue weighted by molar-refractivity contribution is 14.1. The van der Waals surface area contributed by atoms with Crippen molar-refractivity contribution in [2.75, 3.05) is 0 Å². The molecule has 0 unspecified atom stereocenters. The maximum atomic E-state index is 13.3. The second-order valence-corrected chi connectivity index (χ2v) is 7.84. The molecule has 2 N–H and O–H groups in total. The SMILES string of the molecule is O=C(N[C@@H](Cc1ccccc1I)C(=O)O)c1c2ccccc2nc2ccccc12. The van der Waals surface area contributed by atoms with E-state index in [0.29, 0.717) is 27.4 Å². The minimum atomic E-state index is -1.07. The number of carboxylic acids is 1. The second kappa shape index (κ2) is 8.16. The number of amides is 1. The van der Waals surface area contributed by atoms with Gasteiger partial charge in [0.05, 0.1) is 16.6 Å². The summed E-state index contributed by atoms with van der Waals surface area (Å²) < 4.78 is 0.963. The lowest BCUT2D eigenvalue weighted by molar-refractivity contribution is -0.139. The number of carbonyl (C=O) groups is 2. The van der Waals surface area contributed by atoms with Crippen LogP contribution in [0.4, 0.5) is 0 Å². The number of carboxylic acid groups (broad SMARTS) is 1. The third-order valence-corrected chi connectivity index (χ3v) is 5.85. The maximum absolute atomic E-state index is 13.3. The average molecular weight is 496 g/mol. The Morgan fingerprint density at radius 2 is 1.45 bits per heavy atom. The lowest BCUT2D eigenvalue weighted by atomic mass is 10.0. The van der Waals surface area contributed by atoms with Crippen molar-refractivity contribution in [1.82, 2.24) is 10.3 Å². The molecule has 144 valence electrons. The molecule has 0 saturated heterocycles. The van der Waals surface area contributed by atoms with Crippen LogP contribution < -0.4 is 5.32 Å². The number of halogens is 1. The quantitative estimate of drug-likeness (QED) is 0.317. The highest BCUT2D eigenvalue weighted by atomic mass is 127. The number of nitrogens with zero attached hydrogens (tertiary/aromatic N) is 1. The molecular weight excluding hydrogens is 479 g/mol. The van der Waals surface area contributed by atoms with Gasteiger partial charge in [0.25, 0.3) is 5.91 Å². The Balaban J connectivity index is 1.75. The maximum Gasteiger partial charge on any atom is 0.326 e. The molecule has 0 aliphatic carbocycles. The molecule has 1 atom stereocenters. The van der Waals surface area contributed by atoms with Crippen LogP contribution in [0.1, 0.15) is 15.9 Å². The summed E-state index contributed by atoms with van der Waals surface area (Å²) in [5.41, 5.74) is 2.71. The fourth-order valence-electron chi connectivity index (χ4n) is 3.40. The molecule has 3 aromatic carbocycles. The van der Waals surface area contributed by atoms with Gasteiger partial charge in [-0.3, -0.25) is 4.79 Å². The van der Waals surface area contributed by atoms with Crippen LogP contribution in [0.3, 0.4) is 0 Å². The van der Waals surface area contributed by atoms with E-state index in [-0.39, 0.29) is 6.42 Å². The summed E-state index contributed by atoms with van der Waals surface area (Å²) in [7, 11) is 0. The Morgan fingerprint density at radius 1 is 0.897 bits per heavy atom. The summed E-state index contributed by atoms with van der Waals surface area (Å²) in [5.74, 6) is -1.49. The predicted molar refractivity (Wildman–Crippen MR) is 121 cm³/mol. The zero-order valence-corrected chi connectivity index (χ0v) is 17.5. The van der Waals surface area contributed by atoms with Crippen molar-refractivity contribution in [3.8, 4) is 0 Å². The van der Waals surface area contributed by atoms with Gasteiger partial charge in [-0.05, 0) is 46.4 Å². The van der Waals surface area contributed by atoms with E-state index in [1.807, 2.05) is 72.8 Å². The van der Waals surface area contributed by atoms with Crippen molar-refractivity contribution in [3.05, 3.63) is 87.5 Å². The minimum Gasteiger partial charge on any atom is -0.480 e. The number of aliphatic carboxylic acids is 1. The van der Waals surface area contributed by atoms with Crippen LogP contribution in [0.5, 0.6) is 0 Å². The summed E-state index contributed by atoms with van der Waals surface area (Å²) in [6, 6.07) is 21.3. The van der Waals surface area contributed by atoms with Gasteiger partial charge in [-0.25, -0.2) is 9.78 Å². The Bertz CT molecular complexity index is 1190. The van der Waals surface area contributed by atoms with Crippen molar-refractivity contribution in [2.45, 2.75) is 12.5 Å². The van der Waals surface area contributed by atoms with Crippen LogP contribution in [-0.2, 0) is 11.2 Å². The molecular formula is C23H17IN2O3. The molecule has 1 amide bonds. The van der Waals surface area contributed by atoms with Gasteiger partial charge in [-0.2, -0.15) is 0 Å². The van der Waals surface area contributed by atoms with Crippen LogP contribution in [0.25, 0.3) is 21.8 Å². The van der Waals surface area contributed by atoms with E-state index in [9.17, 15) is 14.7 Å². The molecule has 0 bridgehead atoms. The molecule has 0 saturated carbocycles. The number of benzene rings is 3. The largest absolute Gasteiger partial charge is 0.480 e. The molecule has 5 nitrogen and oxygen atoms in total. The first kappa shape index (κ1) is 19.3. The molecule has 0 aliphatic rings. The van der Waals surface area contributed by atoms with Gasteiger partial charge in [-0.15, -0.1) is 0 Å². The number of carbonyl (C=O) groups excluding carboxylic acids is 1. The molecule has 29 heavy (non-hydrogen) atoms. The number of hydrogen-bond acceptors (Lipinski definition) is 3. The number of para-hydroxylation sites is 2. The second-order valence-electron chi connectivity index (χ2n) is 6.68. The van der Waals surface area contributed by atoms with Gasteiger partial charge in [0, 0.05) is 20.8 Å². The minimum absolute atomic E-state index is 0.209. The van der Waals surface area contributed by atoms with E-state index in [2.05, 4.69) is 32.9 Å². The molecule has 0 fully saturated rings. The fourth-order valence-corrected chi connectivity index (χ4v) is 4.01. The molecule has 1 aromatic heterocycles. The third kappa shape index (κ3) is 3.93. The average Bonchev–Trinajstić information content (AvgIpc) is 2.72. The molecule has 0 radical (unpaired) electrons. The van der Waals surface area contributed by atoms with Gasteiger partial charge < -0.3 is 10.4 Å². The summed E-state index contributed by atoms with van der Waals surface area (Å²) >= 11 is 2.17. The smallest absolute Gasteiger partial charge is 0.326 e. The zero-order valence-electron chi connectivity index (χ0n) is 15.3. The summed E-state index contributed by atoms with van der Waals surface area (Å²) in [4.78, 5) is 29.8. The lowest BCUT2D eigenvalue weighted by Crippen LogP contribution is -2.42. The highest BCUT2D eigenvalue weighted by Gasteiger charge is 2.24. The molecule has 0 spiro atoms. The first-order chi connectivity index (χ1) is 14.0. The predicted octanol–water partition coefficient (Wildman–Crippen LogP) is 4.42. The van der Waals surface area contributed by atoms with Crippen LogP contribution in [0, 0.1) is 3.57 Å². The standard InChI is InChI=1S/C23H17IN2O3/c24-17-10-4-1-7-14(17)13-20(23(28)29)26-22(27)21-15-8-2-5-11-18(15)25-19-12-6-3-9-16(19)21/h1-12,20H,13H2,(H,26,27)(H,28,29)/t20-/m0/s1. The van der Waals surface area contributed by atoms with E-state index >= 15 is 0 Å². The van der Waals surface area contributed by atoms with Gasteiger partial charge in [0.2, 0.25) is 0 Å². The normalized spacial score (nSPS) is 12.0. The molecule has 0 aliphatic heterocycles. The van der Waals surface area contributed by atoms with Crippen molar-refractivity contribution in [2.24, 2.45) is 0 Å². The Hall–Kier alpha value is -3.00. The van der Waals surface area contributed by atoms with E-state index < -0.39 is 17.9 Å². The third-order valence-electron chi connectivity index (χ3n) is 4.80. The van der Waals surface area contributed by atoms with Crippen molar-refractivity contribution in [1.29, 1.82) is 0 Å². The van der Waals surface area contributed by atoms with Crippen LogP contribution in [0.15, 0.2) is 72.8 Å². The Kier molecular flexibility index (Phi) is 5.44. The van der Waals surface area contributed by atoms with E-state index in [0.717, 1.165) is 9.13 Å². The summed E-state index contributed by atoms with van der Waals surface area (Å²) in [6.45, 7) is 0. The van der Waals surface area contributed by atoms with E-state index in [1.165, 1.54) is 0 Å². The van der Waals surface area contributed by atoms with Gasteiger partial charge >= 0.3 is 5.97 Å². The van der Waals surface area contributed by atoms with Crippen molar-refractivity contribution in [3.63, 3.8) is 0 Å². The number of rotatable bonds is 5. The van der Waals surface area contributed by atoms with Crippen LogP contribution in [-0.4, -0.2) is 28.0 Å². The number of nitrogens with one attached hydrogen (secondary N) is 1. The summed E-state index contributed by atoms with van der Waals surface area (Å²) in [6.07, 6.45) is 0.209. The van der Waals surface area contributed by atoms with Gasteiger partial charge in [-0.1, -0.05) is 54.6 Å². The highest BCUT2D eigenvalue weighted by Crippen LogP contribution is 2.26. The Morgan fingerprint density at radius 3 is 2.03 bits per heavy atom. The first-order valence-corrected chi connectivity index (χ1v) is 10.2. The number of pyridine rings is 1. The number of hydrogen-bond donors (Lipinski definition) is 2. The molecule has 4 aromatic rings. The van der Waals surface area contributed by atoms with Gasteiger partial charge in [0.15, 0.2) is 0 Å². The van der Waals surface area contributed by atoms with E-state index in [1.54, 1.807) is 0 Å². The fraction of sp³-hybridized carbons (Fsp3) is 0.0870. The Labute approximate surface area is 180 Å². The topological polar surface area (TPSA) is 79.3 Å². The number of fused-ring (bicyclic) bond motifs is 2.